The van der Waals surface area contributed by atoms with Crippen LogP contribution in [0, 0.1) is 0 Å². The fourth-order valence-corrected chi connectivity index (χ4v) is 11.3. The van der Waals surface area contributed by atoms with Crippen molar-refractivity contribution < 1.29 is 0 Å². The van der Waals surface area contributed by atoms with E-state index >= 15 is 0 Å². The molecule has 0 N–H and O–H groups in total. The first-order chi connectivity index (χ1) is 30.3. The normalized spacial score (nSPS) is 11.9. The van der Waals surface area contributed by atoms with Gasteiger partial charge in [-0.2, -0.15) is 0 Å². The molecule has 0 aliphatic rings. The number of aromatic nitrogens is 2. The number of fused-ring (bicyclic) bond motifs is 13. The quantitative estimate of drug-likeness (QED) is 0.164. The molecule has 13 rings (SSSR count). The monoisotopic (exact) mass is 792 g/mol. The lowest BCUT2D eigenvalue weighted by Crippen LogP contribution is -1.96. The first-order valence-electron chi connectivity index (χ1n) is 20.9. The third-order valence-electron chi connectivity index (χ3n) is 12.7. The second-order valence-electron chi connectivity index (χ2n) is 16.1. The number of nitrogens with zero attached hydrogens (tertiary/aromatic N) is 2. The maximum Gasteiger partial charge on any atom is 0.0619 e. The molecule has 284 valence electrons. The average Bonchev–Trinajstić information content (AvgIpc) is 4.00. The van der Waals surface area contributed by atoms with Gasteiger partial charge >= 0.3 is 0 Å². The minimum absolute atomic E-state index is 1.14. The Labute approximate surface area is 356 Å². The Morgan fingerprint density at radius 2 is 0.787 bits per heavy atom. The van der Waals surface area contributed by atoms with Crippen molar-refractivity contribution in [2.24, 2.45) is 0 Å². The smallest absolute Gasteiger partial charge is 0.0619 e. The minimum Gasteiger partial charge on any atom is -0.309 e. The average molecular weight is 793 g/mol. The summed E-state index contributed by atoms with van der Waals surface area (Å²) in [6.07, 6.45) is 0. The minimum atomic E-state index is 1.14. The van der Waals surface area contributed by atoms with Crippen molar-refractivity contribution in [2.75, 3.05) is 0 Å². The van der Waals surface area contributed by atoms with E-state index in [-0.39, 0.29) is 0 Å². The maximum atomic E-state index is 2.52. The van der Waals surface area contributed by atoms with Gasteiger partial charge in [-0.05, 0) is 87.3 Å². The van der Waals surface area contributed by atoms with Gasteiger partial charge < -0.3 is 9.13 Å². The van der Waals surface area contributed by atoms with E-state index in [1.165, 1.54) is 114 Å². The predicted octanol–water partition coefficient (Wildman–Crippen LogP) is 16.4. The highest BCUT2D eigenvalue weighted by atomic mass is 32.1. The number of rotatable bonds is 5. The SMILES string of the molecule is c1ccc(-c2cc(-c3ccccc3)cc(-n3c4cc(-c5ccccc5)ccc4c4c5sc6c(ccc7c6c6ccc8ccccc8c6n7-c6ccccc6)c5ccc43)c2)cc1. The lowest BCUT2D eigenvalue weighted by atomic mass is 9.98. The number of benzene rings is 10. The Morgan fingerprint density at radius 1 is 0.279 bits per heavy atom. The van der Waals surface area contributed by atoms with Crippen LogP contribution in [0.25, 0.3) is 119 Å². The molecular formula is C58H36N2S. The highest BCUT2D eigenvalue weighted by molar-refractivity contribution is 7.27. The Morgan fingerprint density at radius 3 is 1.43 bits per heavy atom. The number of hydrogen-bond donors (Lipinski definition) is 0. The van der Waals surface area contributed by atoms with E-state index in [2.05, 4.69) is 228 Å². The summed E-state index contributed by atoms with van der Waals surface area (Å²) in [6.45, 7) is 0. The van der Waals surface area contributed by atoms with Gasteiger partial charge in [-0.3, -0.25) is 0 Å². The highest BCUT2D eigenvalue weighted by Gasteiger charge is 2.23. The second-order valence-corrected chi connectivity index (χ2v) is 17.1. The van der Waals surface area contributed by atoms with Crippen LogP contribution in [0.1, 0.15) is 0 Å². The molecular weight excluding hydrogens is 757 g/mol. The fraction of sp³-hybridized carbons (Fsp3) is 0. The maximum absolute atomic E-state index is 2.52. The zero-order valence-corrected chi connectivity index (χ0v) is 33.9. The molecule has 2 nitrogen and oxygen atoms in total. The van der Waals surface area contributed by atoms with Crippen molar-refractivity contribution in [3.63, 3.8) is 0 Å². The number of para-hydroxylation sites is 1. The van der Waals surface area contributed by atoms with Gasteiger partial charge in [-0.25, -0.2) is 0 Å². The standard InChI is InChI=1S/C58H36N2S/c1-5-15-37(16-6-1)41-26-27-49-53(36-41)59(45-34-42(38-17-7-2-8-18-38)33-43(35-45)39-19-9-3-10-20-39)51-31-29-47-48-30-32-52-55(58(48)61-57(47)54(49)51)50-28-25-40-21-13-14-24-46(40)56(50)60(52)44-22-11-4-12-23-44/h1-36H. The highest BCUT2D eigenvalue weighted by Crippen LogP contribution is 2.49. The van der Waals surface area contributed by atoms with Crippen molar-refractivity contribution in [1.29, 1.82) is 0 Å². The molecule has 0 bridgehead atoms. The van der Waals surface area contributed by atoms with Crippen LogP contribution >= 0.6 is 11.3 Å². The number of hydrogen-bond acceptors (Lipinski definition) is 1. The summed E-state index contributed by atoms with van der Waals surface area (Å²) in [5.74, 6) is 0. The van der Waals surface area contributed by atoms with Crippen molar-refractivity contribution in [2.45, 2.75) is 0 Å². The zero-order valence-electron chi connectivity index (χ0n) is 33.1. The molecule has 13 aromatic rings. The molecule has 3 heteroatoms. The van der Waals surface area contributed by atoms with E-state index in [0.29, 0.717) is 0 Å². The van der Waals surface area contributed by atoms with E-state index in [1.807, 2.05) is 11.3 Å². The van der Waals surface area contributed by atoms with Crippen molar-refractivity contribution in [3.8, 4) is 44.8 Å². The summed E-state index contributed by atoms with van der Waals surface area (Å²) in [6, 6.07) is 80.2. The largest absolute Gasteiger partial charge is 0.309 e. The molecule has 0 saturated heterocycles. The van der Waals surface area contributed by atoms with Crippen LogP contribution in [-0.4, -0.2) is 9.13 Å². The first kappa shape index (κ1) is 34.2. The Hall–Kier alpha value is -7.72. The molecule has 0 aliphatic carbocycles. The Bertz CT molecular complexity index is 3780. The van der Waals surface area contributed by atoms with Crippen LogP contribution in [0.3, 0.4) is 0 Å². The molecule has 3 aromatic heterocycles. The van der Waals surface area contributed by atoms with Crippen molar-refractivity contribution >= 4 is 85.9 Å². The summed E-state index contributed by atoms with van der Waals surface area (Å²) in [5, 5.41) is 10.3. The Balaban J connectivity index is 1.15. The molecule has 0 aliphatic heterocycles. The zero-order chi connectivity index (χ0) is 40.0. The van der Waals surface area contributed by atoms with Gasteiger partial charge in [0.2, 0.25) is 0 Å². The van der Waals surface area contributed by atoms with Gasteiger partial charge in [-0.1, -0.05) is 170 Å². The van der Waals surface area contributed by atoms with E-state index < -0.39 is 0 Å². The summed E-state index contributed by atoms with van der Waals surface area (Å²) in [7, 11) is 0. The third kappa shape index (κ3) is 5.21. The molecule has 0 fully saturated rings. The lowest BCUT2D eigenvalue weighted by molar-refractivity contribution is 1.18. The van der Waals surface area contributed by atoms with Gasteiger partial charge in [0, 0.05) is 58.5 Å². The van der Waals surface area contributed by atoms with Crippen LogP contribution < -0.4 is 0 Å². The van der Waals surface area contributed by atoms with Crippen LogP contribution in [0.15, 0.2) is 218 Å². The van der Waals surface area contributed by atoms with E-state index in [9.17, 15) is 0 Å². The molecule has 3 heterocycles. The Kier molecular flexibility index (Phi) is 7.51. The summed E-state index contributed by atoms with van der Waals surface area (Å²) < 4.78 is 7.64. The second kappa shape index (κ2) is 13.4. The van der Waals surface area contributed by atoms with Crippen LogP contribution in [0.5, 0.6) is 0 Å². The van der Waals surface area contributed by atoms with Gasteiger partial charge in [0.15, 0.2) is 0 Å². The lowest BCUT2D eigenvalue weighted by Gasteiger charge is -2.14. The van der Waals surface area contributed by atoms with Crippen LogP contribution in [0.2, 0.25) is 0 Å². The molecule has 0 amide bonds. The van der Waals surface area contributed by atoms with E-state index in [1.54, 1.807) is 0 Å². The van der Waals surface area contributed by atoms with E-state index in [0.717, 1.165) is 5.69 Å². The number of thiophene rings is 1. The van der Waals surface area contributed by atoms with Gasteiger partial charge in [-0.15, -0.1) is 11.3 Å². The molecule has 0 atom stereocenters. The van der Waals surface area contributed by atoms with Crippen molar-refractivity contribution in [1.82, 2.24) is 9.13 Å². The molecule has 0 spiro atoms. The topological polar surface area (TPSA) is 9.86 Å². The van der Waals surface area contributed by atoms with E-state index in [4.69, 9.17) is 0 Å². The van der Waals surface area contributed by atoms with Crippen molar-refractivity contribution in [3.05, 3.63) is 218 Å². The van der Waals surface area contributed by atoms with Gasteiger partial charge in [0.25, 0.3) is 0 Å². The molecule has 10 aromatic carbocycles. The summed E-state index contributed by atoms with van der Waals surface area (Å²) in [4.78, 5) is 0. The molecule has 0 unspecified atom stereocenters. The molecule has 61 heavy (non-hydrogen) atoms. The van der Waals surface area contributed by atoms with Crippen LogP contribution in [-0.2, 0) is 0 Å². The first-order valence-corrected chi connectivity index (χ1v) is 21.7. The summed E-state index contributed by atoms with van der Waals surface area (Å²) in [5.41, 5.74) is 14.4. The fourth-order valence-electron chi connectivity index (χ4n) is 9.92. The summed E-state index contributed by atoms with van der Waals surface area (Å²) >= 11 is 1.95. The molecule has 0 radical (unpaired) electrons. The van der Waals surface area contributed by atoms with Gasteiger partial charge in [0.1, 0.15) is 0 Å². The third-order valence-corrected chi connectivity index (χ3v) is 13.9. The predicted molar refractivity (Wildman–Crippen MR) is 262 cm³/mol. The van der Waals surface area contributed by atoms with Gasteiger partial charge in [0.05, 0.1) is 22.1 Å². The molecule has 0 saturated carbocycles. The van der Waals surface area contributed by atoms with Crippen LogP contribution in [0.4, 0.5) is 0 Å².